The molecule has 2 aromatic heterocycles. The molecule has 7 nitrogen and oxygen atoms in total. The van der Waals surface area contributed by atoms with E-state index in [1.807, 2.05) is 40.3 Å². The van der Waals surface area contributed by atoms with Gasteiger partial charge < -0.3 is 13.7 Å². The Bertz CT molecular complexity index is 1040. The summed E-state index contributed by atoms with van der Waals surface area (Å²) >= 11 is 0. The van der Waals surface area contributed by atoms with Crippen LogP contribution in [0, 0.1) is 0 Å². The lowest BCUT2D eigenvalue weighted by molar-refractivity contribution is 0.581. The van der Waals surface area contributed by atoms with Gasteiger partial charge in [-0.15, -0.1) is 4.40 Å². The molecule has 0 N–H and O–H groups in total. The number of benzene rings is 1. The maximum atomic E-state index is 12.6. The van der Waals surface area contributed by atoms with Crippen molar-refractivity contribution >= 4 is 21.1 Å². The molecule has 0 radical (unpaired) electrons. The van der Waals surface area contributed by atoms with Crippen LogP contribution in [-0.4, -0.2) is 27.1 Å². The smallest absolute Gasteiger partial charge is 0.304 e. The molecule has 0 spiro atoms. The Kier molecular flexibility index (Phi) is 4.31. The number of hydrogen-bond acceptors (Lipinski definition) is 3. The summed E-state index contributed by atoms with van der Waals surface area (Å²) < 4.78 is 34.9. The molecule has 24 heavy (non-hydrogen) atoms. The summed E-state index contributed by atoms with van der Waals surface area (Å²) in [5, 5.41) is -0.0408. The first-order valence-corrected chi connectivity index (χ1v) is 9.39. The van der Waals surface area contributed by atoms with Crippen molar-refractivity contribution in [2.75, 3.05) is 0 Å². The minimum absolute atomic E-state index is 0.0408. The van der Waals surface area contributed by atoms with E-state index in [2.05, 4.69) is 16.3 Å². The molecule has 0 saturated heterocycles. The number of imidazole rings is 2. The van der Waals surface area contributed by atoms with Gasteiger partial charge in [-0.05, 0) is 25.5 Å². The van der Waals surface area contributed by atoms with Crippen LogP contribution in [0.1, 0.15) is 20.3 Å². The zero-order valence-corrected chi connectivity index (χ0v) is 14.9. The van der Waals surface area contributed by atoms with Crippen molar-refractivity contribution in [3.63, 3.8) is 0 Å². The van der Waals surface area contributed by atoms with Crippen molar-refractivity contribution in [2.24, 2.45) is 11.4 Å². The van der Waals surface area contributed by atoms with Gasteiger partial charge in [0.1, 0.15) is 0 Å². The zero-order valence-electron chi connectivity index (χ0n) is 14.0. The fraction of sp³-hybridized carbons (Fsp3) is 0.375. The van der Waals surface area contributed by atoms with Gasteiger partial charge in [-0.1, -0.05) is 19.1 Å². The van der Waals surface area contributed by atoms with E-state index in [4.69, 9.17) is 0 Å². The van der Waals surface area contributed by atoms with Gasteiger partial charge in [0.25, 0.3) is 0 Å². The lowest BCUT2D eigenvalue weighted by Crippen LogP contribution is -2.27. The molecule has 1 aromatic carbocycles. The molecular weight excluding hydrogens is 326 g/mol. The Morgan fingerprint density at radius 3 is 2.33 bits per heavy atom. The van der Waals surface area contributed by atoms with Crippen LogP contribution < -0.4 is 5.62 Å². The second kappa shape index (κ2) is 6.27. The van der Waals surface area contributed by atoms with Crippen molar-refractivity contribution in [1.82, 2.24) is 18.7 Å². The quantitative estimate of drug-likeness (QED) is 0.707. The van der Waals surface area contributed by atoms with Gasteiger partial charge >= 0.3 is 10.0 Å². The predicted molar refractivity (Wildman–Crippen MR) is 91.8 cm³/mol. The number of para-hydroxylation sites is 2. The number of aromatic nitrogens is 4. The standard InChI is InChI=1S/C16H21N5O2S/c1-4-10-21-14-9-7-6-8-13(14)20(5-2)16(21)18-24(22,23)15-11-19(3)12-17-15/h6-9,11-12H,4-5,10H2,1-3H3. The van der Waals surface area contributed by atoms with Crippen LogP contribution in [0.25, 0.3) is 11.0 Å². The fourth-order valence-corrected chi connectivity index (χ4v) is 3.80. The van der Waals surface area contributed by atoms with E-state index in [1.54, 1.807) is 11.6 Å². The Hall–Kier alpha value is -2.35. The largest absolute Gasteiger partial charge is 0.339 e. The number of fused-ring (bicyclic) bond motifs is 1. The summed E-state index contributed by atoms with van der Waals surface area (Å²) in [7, 11) is -2.13. The lowest BCUT2D eigenvalue weighted by Gasteiger charge is -2.03. The van der Waals surface area contributed by atoms with Crippen LogP contribution >= 0.6 is 0 Å². The molecule has 128 valence electrons. The summed E-state index contributed by atoms with van der Waals surface area (Å²) in [5.41, 5.74) is 2.39. The summed E-state index contributed by atoms with van der Waals surface area (Å²) in [6, 6.07) is 7.87. The van der Waals surface area contributed by atoms with Crippen molar-refractivity contribution in [3.8, 4) is 0 Å². The first kappa shape index (κ1) is 16.5. The predicted octanol–water partition coefficient (Wildman–Crippen LogP) is 1.90. The molecule has 3 rings (SSSR count). The van der Waals surface area contributed by atoms with Gasteiger partial charge in [0.15, 0.2) is 5.03 Å². The van der Waals surface area contributed by atoms with Gasteiger partial charge in [-0.25, -0.2) is 4.98 Å². The maximum absolute atomic E-state index is 12.6. The van der Waals surface area contributed by atoms with E-state index in [-0.39, 0.29) is 5.03 Å². The van der Waals surface area contributed by atoms with Gasteiger partial charge in [-0.2, -0.15) is 8.42 Å². The molecule has 0 bridgehead atoms. The van der Waals surface area contributed by atoms with Crippen molar-refractivity contribution in [3.05, 3.63) is 42.4 Å². The maximum Gasteiger partial charge on any atom is 0.304 e. The monoisotopic (exact) mass is 347 g/mol. The summed E-state index contributed by atoms with van der Waals surface area (Å²) in [6.07, 6.45) is 3.80. The molecule has 0 fully saturated rings. The highest BCUT2D eigenvalue weighted by molar-refractivity contribution is 7.89. The molecule has 0 saturated carbocycles. The fourth-order valence-electron chi connectivity index (χ4n) is 2.81. The van der Waals surface area contributed by atoms with E-state index in [0.29, 0.717) is 18.7 Å². The molecule has 0 atom stereocenters. The molecular formula is C16H21N5O2S. The number of hydrogen-bond donors (Lipinski definition) is 0. The Morgan fingerprint density at radius 2 is 1.79 bits per heavy atom. The van der Waals surface area contributed by atoms with Gasteiger partial charge in [0.2, 0.25) is 5.62 Å². The van der Waals surface area contributed by atoms with E-state index >= 15 is 0 Å². The molecule has 0 aliphatic rings. The summed E-state index contributed by atoms with van der Waals surface area (Å²) in [5.74, 6) is 0. The van der Waals surface area contributed by atoms with Crippen LogP contribution in [0.15, 0.2) is 46.2 Å². The Balaban J connectivity index is 2.34. The van der Waals surface area contributed by atoms with Gasteiger partial charge in [0.05, 0.1) is 17.4 Å². The van der Waals surface area contributed by atoms with Gasteiger partial charge in [0, 0.05) is 26.3 Å². The van der Waals surface area contributed by atoms with Crippen molar-refractivity contribution < 1.29 is 8.42 Å². The molecule has 2 heterocycles. The van der Waals surface area contributed by atoms with E-state index in [1.165, 1.54) is 12.5 Å². The first-order chi connectivity index (χ1) is 11.5. The van der Waals surface area contributed by atoms with Crippen LogP contribution in [-0.2, 0) is 30.2 Å². The highest BCUT2D eigenvalue weighted by Gasteiger charge is 2.18. The summed E-state index contributed by atoms with van der Waals surface area (Å²) in [6.45, 7) is 5.37. The highest BCUT2D eigenvalue weighted by Crippen LogP contribution is 2.14. The average Bonchev–Trinajstić information content (AvgIpc) is 3.11. The lowest BCUT2D eigenvalue weighted by atomic mass is 10.3. The molecule has 0 aliphatic heterocycles. The van der Waals surface area contributed by atoms with Gasteiger partial charge in [-0.3, -0.25) is 0 Å². The number of nitrogens with zero attached hydrogens (tertiary/aromatic N) is 5. The SMILES string of the molecule is CCCn1c(=NS(=O)(=O)c2cn(C)cn2)n(CC)c2ccccc21. The average molecular weight is 347 g/mol. The Morgan fingerprint density at radius 1 is 1.12 bits per heavy atom. The van der Waals surface area contributed by atoms with Crippen molar-refractivity contribution in [1.29, 1.82) is 0 Å². The Labute approximate surface area is 141 Å². The molecule has 0 amide bonds. The minimum atomic E-state index is -3.86. The van der Waals surface area contributed by atoms with E-state index < -0.39 is 10.0 Å². The van der Waals surface area contributed by atoms with Crippen LogP contribution in [0.5, 0.6) is 0 Å². The second-order valence-electron chi connectivity index (χ2n) is 5.63. The number of sulfonamides is 1. The van der Waals surface area contributed by atoms with E-state index in [0.717, 1.165) is 17.5 Å². The molecule has 0 unspecified atom stereocenters. The molecule has 0 aliphatic carbocycles. The highest BCUT2D eigenvalue weighted by atomic mass is 32.2. The topological polar surface area (TPSA) is 74.2 Å². The minimum Gasteiger partial charge on any atom is -0.339 e. The van der Waals surface area contributed by atoms with E-state index in [9.17, 15) is 8.42 Å². The van der Waals surface area contributed by atoms with Crippen molar-refractivity contribution in [2.45, 2.75) is 38.4 Å². The van der Waals surface area contributed by atoms with Crippen LogP contribution in [0.4, 0.5) is 0 Å². The second-order valence-corrected chi connectivity index (χ2v) is 7.18. The number of aryl methyl sites for hydroxylation is 3. The normalized spacial score (nSPS) is 13.0. The van der Waals surface area contributed by atoms with Crippen LogP contribution in [0.3, 0.4) is 0 Å². The molecule has 8 heteroatoms. The third-order valence-corrected chi connectivity index (χ3v) is 5.00. The number of rotatable bonds is 5. The third-order valence-electron chi connectivity index (χ3n) is 3.86. The first-order valence-electron chi connectivity index (χ1n) is 7.95. The molecule has 3 aromatic rings. The summed E-state index contributed by atoms with van der Waals surface area (Å²) in [4.78, 5) is 3.93. The third kappa shape index (κ3) is 2.77. The zero-order chi connectivity index (χ0) is 17.3. The van der Waals surface area contributed by atoms with Crippen LogP contribution in [0.2, 0.25) is 0 Å².